The average Bonchev–Trinajstić information content (AvgIpc) is 3.38. The molecule has 3 aromatic rings. The van der Waals surface area contributed by atoms with Gasteiger partial charge in [0, 0.05) is 23.3 Å². The summed E-state index contributed by atoms with van der Waals surface area (Å²) in [5, 5.41) is 12.3. The maximum Gasteiger partial charge on any atom is 0.265 e. The van der Waals surface area contributed by atoms with Crippen LogP contribution in [0.1, 0.15) is 59.1 Å². The highest BCUT2D eigenvalue weighted by Gasteiger charge is 2.22. The molecule has 28 heavy (non-hydrogen) atoms. The van der Waals surface area contributed by atoms with Crippen LogP contribution in [0.15, 0.2) is 24.3 Å². The second-order valence-corrected chi connectivity index (χ2v) is 8.68. The highest BCUT2D eigenvalue weighted by Crippen LogP contribution is 2.35. The van der Waals surface area contributed by atoms with Gasteiger partial charge in [0.1, 0.15) is 4.83 Å². The Morgan fingerprint density at radius 3 is 2.89 bits per heavy atom. The monoisotopic (exact) mass is 416 g/mol. The SMILES string of the molecule is Cc1nn(C2CCCCC2)c2sc(C(=O)Nc3ccc4c(c3)CCN4)cc12.Cl. The van der Waals surface area contributed by atoms with Gasteiger partial charge < -0.3 is 10.6 Å². The van der Waals surface area contributed by atoms with Crippen LogP contribution < -0.4 is 10.6 Å². The van der Waals surface area contributed by atoms with Crippen molar-refractivity contribution in [1.29, 1.82) is 0 Å². The summed E-state index contributed by atoms with van der Waals surface area (Å²) in [6.45, 7) is 3.02. The van der Waals surface area contributed by atoms with Gasteiger partial charge in [0.2, 0.25) is 0 Å². The Hall–Kier alpha value is -2.05. The van der Waals surface area contributed by atoms with Crippen molar-refractivity contribution in [2.75, 3.05) is 17.2 Å². The highest BCUT2D eigenvalue weighted by atomic mass is 35.5. The van der Waals surface area contributed by atoms with Gasteiger partial charge in [-0.25, -0.2) is 0 Å². The first kappa shape index (κ1) is 19.3. The second kappa shape index (κ2) is 7.76. The van der Waals surface area contributed by atoms with E-state index in [9.17, 15) is 4.79 Å². The molecule has 2 N–H and O–H groups in total. The van der Waals surface area contributed by atoms with Gasteiger partial charge >= 0.3 is 0 Å². The van der Waals surface area contributed by atoms with Crippen molar-refractivity contribution in [2.45, 2.75) is 51.5 Å². The van der Waals surface area contributed by atoms with Crippen molar-refractivity contribution < 1.29 is 4.79 Å². The molecule has 0 atom stereocenters. The molecule has 2 aromatic heterocycles. The largest absolute Gasteiger partial charge is 0.384 e. The number of hydrogen-bond donors (Lipinski definition) is 2. The molecule has 1 fully saturated rings. The number of carbonyl (C=O) groups is 1. The average molecular weight is 417 g/mol. The van der Waals surface area contributed by atoms with Crippen LogP contribution in [0.3, 0.4) is 0 Å². The quantitative estimate of drug-likeness (QED) is 0.588. The molecule has 1 aliphatic carbocycles. The number of nitrogens with one attached hydrogen (secondary N) is 2. The lowest BCUT2D eigenvalue weighted by Crippen LogP contribution is -2.14. The minimum Gasteiger partial charge on any atom is -0.384 e. The molecule has 5 nitrogen and oxygen atoms in total. The summed E-state index contributed by atoms with van der Waals surface area (Å²) >= 11 is 1.57. The Morgan fingerprint density at radius 2 is 2.07 bits per heavy atom. The number of aryl methyl sites for hydroxylation is 1. The molecular formula is C21H25ClN4OS. The molecule has 1 amide bonds. The third-order valence-corrected chi connectivity index (χ3v) is 6.91. The van der Waals surface area contributed by atoms with Crippen molar-refractivity contribution in [3.05, 3.63) is 40.4 Å². The Bertz CT molecular complexity index is 1020. The summed E-state index contributed by atoms with van der Waals surface area (Å²) in [5.41, 5.74) is 4.34. The smallest absolute Gasteiger partial charge is 0.265 e. The fourth-order valence-corrected chi connectivity index (χ4v) is 5.46. The molecule has 0 saturated heterocycles. The van der Waals surface area contributed by atoms with Crippen LogP contribution in [0.2, 0.25) is 0 Å². The van der Waals surface area contributed by atoms with Crippen molar-refractivity contribution in [3.63, 3.8) is 0 Å². The normalized spacial score (nSPS) is 16.5. The van der Waals surface area contributed by atoms with Crippen LogP contribution in [0.4, 0.5) is 11.4 Å². The molecule has 2 aliphatic rings. The molecule has 0 spiro atoms. The van der Waals surface area contributed by atoms with Gasteiger partial charge in [0.05, 0.1) is 16.6 Å². The van der Waals surface area contributed by atoms with E-state index in [1.807, 2.05) is 25.1 Å². The third kappa shape index (κ3) is 3.40. The molecule has 1 aromatic carbocycles. The molecule has 5 rings (SSSR count). The van der Waals surface area contributed by atoms with E-state index in [4.69, 9.17) is 5.10 Å². The number of halogens is 1. The highest BCUT2D eigenvalue weighted by molar-refractivity contribution is 7.20. The third-order valence-electron chi connectivity index (χ3n) is 5.79. The Balaban J connectivity index is 0.00000192. The second-order valence-electron chi connectivity index (χ2n) is 7.65. The molecule has 0 radical (unpaired) electrons. The van der Waals surface area contributed by atoms with Crippen molar-refractivity contribution >= 4 is 51.2 Å². The first-order chi connectivity index (χ1) is 13.2. The number of thiophene rings is 1. The molecule has 3 heterocycles. The van der Waals surface area contributed by atoms with Crippen LogP contribution in [0, 0.1) is 6.92 Å². The number of anilines is 2. The van der Waals surface area contributed by atoms with E-state index in [0.717, 1.165) is 39.4 Å². The number of carbonyl (C=O) groups excluding carboxylic acids is 1. The number of amides is 1. The van der Waals surface area contributed by atoms with Gasteiger partial charge in [-0.3, -0.25) is 9.48 Å². The van der Waals surface area contributed by atoms with E-state index >= 15 is 0 Å². The number of benzene rings is 1. The molecule has 1 aliphatic heterocycles. The molecule has 148 valence electrons. The van der Waals surface area contributed by atoms with E-state index in [1.54, 1.807) is 11.3 Å². The molecule has 7 heteroatoms. The van der Waals surface area contributed by atoms with Crippen LogP contribution in [-0.4, -0.2) is 22.2 Å². The van der Waals surface area contributed by atoms with Gasteiger partial charge in [-0.1, -0.05) is 19.3 Å². The van der Waals surface area contributed by atoms with Gasteiger partial charge in [0.15, 0.2) is 0 Å². The minimum atomic E-state index is -0.0308. The lowest BCUT2D eigenvalue weighted by Gasteiger charge is -2.22. The number of aromatic nitrogens is 2. The van der Waals surface area contributed by atoms with E-state index < -0.39 is 0 Å². The van der Waals surface area contributed by atoms with Gasteiger partial charge in [-0.2, -0.15) is 5.10 Å². The van der Waals surface area contributed by atoms with Crippen LogP contribution in [0.5, 0.6) is 0 Å². The molecule has 1 saturated carbocycles. The number of rotatable bonds is 3. The van der Waals surface area contributed by atoms with E-state index in [0.29, 0.717) is 6.04 Å². The predicted octanol–water partition coefficient (Wildman–Crippen LogP) is 5.55. The number of hydrogen-bond acceptors (Lipinski definition) is 4. The predicted molar refractivity (Wildman–Crippen MR) is 118 cm³/mol. The number of nitrogens with zero attached hydrogens (tertiary/aromatic N) is 2. The van der Waals surface area contributed by atoms with Crippen molar-refractivity contribution in [2.24, 2.45) is 0 Å². The van der Waals surface area contributed by atoms with E-state index in [1.165, 1.54) is 43.4 Å². The zero-order chi connectivity index (χ0) is 18.4. The topological polar surface area (TPSA) is 59.0 Å². The zero-order valence-corrected chi connectivity index (χ0v) is 17.6. The van der Waals surface area contributed by atoms with Gasteiger partial charge in [-0.15, -0.1) is 23.7 Å². The minimum absolute atomic E-state index is 0. The fourth-order valence-electron chi connectivity index (χ4n) is 4.33. The van der Waals surface area contributed by atoms with Gasteiger partial charge in [0.25, 0.3) is 5.91 Å². The van der Waals surface area contributed by atoms with Crippen LogP contribution in [0.25, 0.3) is 10.2 Å². The fraction of sp³-hybridized carbons (Fsp3) is 0.429. The van der Waals surface area contributed by atoms with Gasteiger partial charge in [-0.05, 0) is 56.0 Å². The Morgan fingerprint density at radius 1 is 1.25 bits per heavy atom. The molecular weight excluding hydrogens is 392 g/mol. The van der Waals surface area contributed by atoms with E-state index in [2.05, 4.69) is 21.4 Å². The summed E-state index contributed by atoms with van der Waals surface area (Å²) < 4.78 is 2.19. The summed E-state index contributed by atoms with van der Waals surface area (Å²) in [5.74, 6) is -0.0308. The molecule has 0 unspecified atom stereocenters. The summed E-state index contributed by atoms with van der Waals surface area (Å²) in [6, 6.07) is 8.58. The summed E-state index contributed by atoms with van der Waals surface area (Å²) in [6.07, 6.45) is 7.28. The lowest BCUT2D eigenvalue weighted by molar-refractivity contribution is 0.103. The van der Waals surface area contributed by atoms with Crippen LogP contribution in [-0.2, 0) is 6.42 Å². The van der Waals surface area contributed by atoms with Crippen molar-refractivity contribution in [3.8, 4) is 0 Å². The maximum absolute atomic E-state index is 12.8. The summed E-state index contributed by atoms with van der Waals surface area (Å²) in [7, 11) is 0. The van der Waals surface area contributed by atoms with Crippen LogP contribution >= 0.6 is 23.7 Å². The lowest BCUT2D eigenvalue weighted by atomic mass is 9.96. The molecule has 0 bridgehead atoms. The van der Waals surface area contributed by atoms with Crippen molar-refractivity contribution in [1.82, 2.24) is 9.78 Å². The first-order valence-corrected chi connectivity index (χ1v) is 10.7. The standard InChI is InChI=1S/C21H24N4OS.ClH/c1-13-17-12-19(27-21(17)25(24-13)16-5-3-2-4-6-16)20(26)23-15-7-8-18-14(11-15)9-10-22-18;/h7-8,11-12,16,22H,2-6,9-10H2,1H3,(H,23,26);1H. The zero-order valence-electron chi connectivity index (χ0n) is 16.0. The maximum atomic E-state index is 12.8. The Kier molecular flexibility index (Phi) is 5.34. The number of fused-ring (bicyclic) bond motifs is 2. The Labute approximate surface area is 174 Å². The first-order valence-electron chi connectivity index (χ1n) is 9.86. The van der Waals surface area contributed by atoms with E-state index in [-0.39, 0.29) is 18.3 Å². The summed E-state index contributed by atoms with van der Waals surface area (Å²) in [4.78, 5) is 14.7.